The molecule has 0 heterocycles. The molecule has 0 radical (unpaired) electrons. The number of carbonyl (C=O) groups is 2. The minimum atomic E-state index is -3.77. The van der Waals surface area contributed by atoms with Gasteiger partial charge in [0.1, 0.15) is 11.5 Å². The first-order chi connectivity index (χ1) is 12.3. The van der Waals surface area contributed by atoms with Gasteiger partial charge in [-0.25, -0.2) is 8.42 Å². The summed E-state index contributed by atoms with van der Waals surface area (Å²) in [5.41, 5.74) is 4.82. The van der Waals surface area contributed by atoms with E-state index in [0.717, 1.165) is 0 Å². The molecular weight excluding hydrogens is 358 g/mol. The van der Waals surface area contributed by atoms with Crippen molar-refractivity contribution >= 4 is 21.7 Å². The van der Waals surface area contributed by atoms with Crippen LogP contribution in [0.25, 0.3) is 0 Å². The predicted molar refractivity (Wildman–Crippen MR) is 92.4 cm³/mol. The fourth-order valence-corrected chi connectivity index (χ4v) is 3.35. The second kappa shape index (κ2) is 8.13. The van der Waals surface area contributed by atoms with Gasteiger partial charge in [0.15, 0.2) is 9.84 Å². The first kappa shape index (κ1) is 19.0. The molecule has 0 bridgehead atoms. The normalized spacial score (nSPS) is 10.6. The van der Waals surface area contributed by atoms with E-state index >= 15 is 0 Å². The molecule has 0 aliphatic heterocycles. The van der Waals surface area contributed by atoms with E-state index in [1.165, 1.54) is 48.5 Å². The van der Waals surface area contributed by atoms with Crippen LogP contribution in [-0.4, -0.2) is 31.1 Å². The van der Waals surface area contributed by atoms with Crippen molar-refractivity contribution in [2.24, 2.45) is 0 Å². The van der Waals surface area contributed by atoms with Crippen LogP contribution in [0.5, 0.6) is 5.75 Å². The second-order valence-corrected chi connectivity index (χ2v) is 7.42. The van der Waals surface area contributed by atoms with Crippen LogP contribution in [0.4, 0.5) is 0 Å². The molecule has 26 heavy (non-hydrogen) atoms. The second-order valence-electron chi connectivity index (χ2n) is 5.36. The van der Waals surface area contributed by atoms with Crippen LogP contribution >= 0.6 is 0 Å². The number of carbonyl (C=O) groups excluding carboxylic acids is 2. The van der Waals surface area contributed by atoms with Crippen molar-refractivity contribution in [2.75, 3.05) is 5.75 Å². The summed E-state index contributed by atoms with van der Waals surface area (Å²) >= 11 is 0. The number of nitriles is 1. The van der Waals surface area contributed by atoms with Gasteiger partial charge in [-0.3, -0.25) is 20.4 Å². The minimum Gasteiger partial charge on any atom is -0.507 e. The van der Waals surface area contributed by atoms with E-state index in [-0.39, 0.29) is 17.1 Å². The summed E-state index contributed by atoms with van der Waals surface area (Å²) in [4.78, 5) is 23.6. The summed E-state index contributed by atoms with van der Waals surface area (Å²) in [6, 6.07) is 13.6. The molecule has 9 heteroatoms. The SMILES string of the molecule is N#Cc1ccc(CS(=O)(=O)CC(=O)NNC(=O)c2ccccc2O)cc1. The van der Waals surface area contributed by atoms with Gasteiger partial charge in [0.25, 0.3) is 11.8 Å². The number of rotatable bonds is 5. The number of nitrogens with zero attached hydrogens (tertiary/aromatic N) is 1. The highest BCUT2D eigenvalue weighted by Crippen LogP contribution is 2.14. The van der Waals surface area contributed by atoms with E-state index in [1.54, 1.807) is 0 Å². The molecule has 0 saturated heterocycles. The minimum absolute atomic E-state index is 0.0618. The molecule has 0 saturated carbocycles. The predicted octanol–water partition coefficient (Wildman–Crippen LogP) is 0.640. The number of hydrazine groups is 1. The van der Waals surface area contributed by atoms with Crippen LogP contribution in [0.1, 0.15) is 21.5 Å². The number of hydrogen-bond acceptors (Lipinski definition) is 6. The van der Waals surface area contributed by atoms with Gasteiger partial charge in [0, 0.05) is 0 Å². The first-order valence-corrected chi connectivity index (χ1v) is 9.19. The van der Waals surface area contributed by atoms with E-state index in [9.17, 15) is 23.1 Å². The summed E-state index contributed by atoms with van der Waals surface area (Å²) in [5, 5.41) is 18.3. The fraction of sp³-hybridized carbons (Fsp3) is 0.118. The van der Waals surface area contributed by atoms with Crippen molar-refractivity contribution in [3.63, 3.8) is 0 Å². The Hall–Kier alpha value is -3.38. The van der Waals surface area contributed by atoms with Gasteiger partial charge in [-0.05, 0) is 29.8 Å². The standard InChI is InChI=1S/C17H15N3O5S/c18-9-12-5-7-13(8-6-12)10-26(24,25)11-16(22)19-20-17(23)14-3-1-2-4-15(14)21/h1-8,21H,10-11H2,(H,19,22)(H,20,23). The number of sulfone groups is 1. The fourth-order valence-electron chi connectivity index (χ4n) is 2.08. The Morgan fingerprint density at radius 2 is 1.69 bits per heavy atom. The van der Waals surface area contributed by atoms with Gasteiger partial charge in [-0.15, -0.1) is 0 Å². The summed E-state index contributed by atoms with van der Waals surface area (Å²) in [5.74, 6) is -3.16. The molecule has 8 nitrogen and oxygen atoms in total. The molecule has 0 aromatic heterocycles. The van der Waals surface area contributed by atoms with Crippen molar-refractivity contribution in [1.29, 1.82) is 5.26 Å². The molecule has 0 spiro atoms. The Kier molecular flexibility index (Phi) is 5.93. The van der Waals surface area contributed by atoms with Crippen molar-refractivity contribution in [1.82, 2.24) is 10.9 Å². The summed E-state index contributed by atoms with van der Waals surface area (Å²) in [7, 11) is -3.77. The van der Waals surface area contributed by atoms with Gasteiger partial charge in [0.05, 0.1) is 22.9 Å². The van der Waals surface area contributed by atoms with Crippen LogP contribution in [0.15, 0.2) is 48.5 Å². The Balaban J connectivity index is 1.90. The average molecular weight is 373 g/mol. The largest absolute Gasteiger partial charge is 0.507 e. The van der Waals surface area contributed by atoms with Gasteiger partial charge >= 0.3 is 0 Å². The summed E-state index contributed by atoms with van der Waals surface area (Å²) < 4.78 is 24.1. The summed E-state index contributed by atoms with van der Waals surface area (Å²) in [6.07, 6.45) is 0. The quantitative estimate of drug-likeness (QED) is 0.658. The molecule has 0 unspecified atom stereocenters. The topological polar surface area (TPSA) is 136 Å². The number of hydrogen-bond donors (Lipinski definition) is 3. The van der Waals surface area contributed by atoms with E-state index in [2.05, 4.69) is 0 Å². The number of nitrogens with one attached hydrogen (secondary N) is 2. The molecule has 0 aliphatic carbocycles. The molecule has 2 rings (SSSR count). The summed E-state index contributed by atoms with van der Waals surface area (Å²) in [6.45, 7) is 0. The zero-order chi connectivity index (χ0) is 19.2. The van der Waals surface area contributed by atoms with Crippen LogP contribution in [0.3, 0.4) is 0 Å². The number of phenolic OH excluding ortho intramolecular Hbond substituents is 1. The smallest absolute Gasteiger partial charge is 0.273 e. The molecule has 3 N–H and O–H groups in total. The van der Waals surface area contributed by atoms with Crippen LogP contribution < -0.4 is 10.9 Å². The van der Waals surface area contributed by atoms with Crippen LogP contribution in [0, 0.1) is 11.3 Å². The highest BCUT2D eigenvalue weighted by Gasteiger charge is 2.18. The third-order valence-corrected chi connectivity index (χ3v) is 4.76. The maximum Gasteiger partial charge on any atom is 0.273 e. The maximum atomic E-state index is 12.1. The number of phenols is 1. The van der Waals surface area contributed by atoms with E-state index < -0.39 is 27.4 Å². The van der Waals surface area contributed by atoms with Crippen molar-refractivity contribution in [2.45, 2.75) is 5.75 Å². The lowest BCUT2D eigenvalue weighted by atomic mass is 10.2. The Morgan fingerprint density at radius 3 is 2.31 bits per heavy atom. The third-order valence-electron chi connectivity index (χ3n) is 3.28. The van der Waals surface area contributed by atoms with Gasteiger partial charge < -0.3 is 5.11 Å². The van der Waals surface area contributed by atoms with E-state index in [1.807, 2.05) is 16.9 Å². The lowest BCUT2D eigenvalue weighted by molar-refractivity contribution is -0.119. The highest BCUT2D eigenvalue weighted by molar-refractivity contribution is 7.91. The van der Waals surface area contributed by atoms with Crippen LogP contribution in [0.2, 0.25) is 0 Å². The molecule has 2 amide bonds. The highest BCUT2D eigenvalue weighted by atomic mass is 32.2. The third kappa shape index (κ3) is 5.32. The zero-order valence-corrected chi connectivity index (χ0v) is 14.3. The molecule has 0 atom stereocenters. The molecule has 2 aromatic rings. The van der Waals surface area contributed by atoms with Gasteiger partial charge in [-0.2, -0.15) is 5.26 Å². The lowest BCUT2D eigenvalue weighted by Gasteiger charge is -2.09. The Labute approximate surface area is 150 Å². The van der Waals surface area contributed by atoms with Crippen molar-refractivity contribution < 1.29 is 23.1 Å². The average Bonchev–Trinajstić information content (AvgIpc) is 2.60. The molecule has 0 fully saturated rings. The molecular formula is C17H15N3O5S. The number of amides is 2. The van der Waals surface area contributed by atoms with Gasteiger partial charge in [-0.1, -0.05) is 24.3 Å². The Morgan fingerprint density at radius 1 is 1.04 bits per heavy atom. The van der Waals surface area contributed by atoms with E-state index in [4.69, 9.17) is 5.26 Å². The Bertz CT molecular complexity index is 963. The zero-order valence-electron chi connectivity index (χ0n) is 13.5. The molecule has 0 aliphatic rings. The number of benzene rings is 2. The van der Waals surface area contributed by atoms with Crippen molar-refractivity contribution in [3.05, 3.63) is 65.2 Å². The first-order valence-electron chi connectivity index (χ1n) is 7.37. The van der Waals surface area contributed by atoms with Crippen LogP contribution in [-0.2, 0) is 20.4 Å². The molecule has 134 valence electrons. The van der Waals surface area contributed by atoms with E-state index in [0.29, 0.717) is 11.1 Å². The lowest BCUT2D eigenvalue weighted by Crippen LogP contribution is -2.44. The van der Waals surface area contributed by atoms with Gasteiger partial charge in [0.2, 0.25) is 0 Å². The number of para-hydroxylation sites is 1. The van der Waals surface area contributed by atoms with Crippen molar-refractivity contribution in [3.8, 4) is 11.8 Å². The molecule has 2 aromatic carbocycles. The maximum absolute atomic E-state index is 12.1. The monoisotopic (exact) mass is 373 g/mol. The number of aromatic hydroxyl groups is 1.